The topological polar surface area (TPSA) is 60.0 Å². The van der Waals surface area contributed by atoms with Gasteiger partial charge in [-0.25, -0.2) is 0 Å². The van der Waals surface area contributed by atoms with Crippen molar-refractivity contribution in [2.24, 2.45) is 0 Å². The highest BCUT2D eigenvalue weighted by molar-refractivity contribution is 6.05. The molecule has 150 valence electrons. The fraction of sp³-hybridized carbons (Fsp3) is 0.409. The molecule has 1 fully saturated rings. The highest BCUT2D eigenvalue weighted by Gasteiger charge is 2.22. The maximum Gasteiger partial charge on any atom is 0.255 e. The third-order valence-corrected chi connectivity index (χ3v) is 4.77. The Bertz CT molecular complexity index is 797. The van der Waals surface area contributed by atoms with Crippen molar-refractivity contribution in [1.29, 1.82) is 0 Å². The molecule has 3 rings (SSSR count). The molecule has 0 aromatic heterocycles. The average molecular weight is 384 g/mol. The van der Waals surface area contributed by atoms with Crippen molar-refractivity contribution in [2.75, 3.05) is 32.6 Å². The van der Waals surface area contributed by atoms with Gasteiger partial charge in [-0.3, -0.25) is 9.69 Å². The van der Waals surface area contributed by atoms with Crippen molar-refractivity contribution in [2.45, 2.75) is 32.6 Å². The van der Waals surface area contributed by atoms with E-state index in [1.807, 2.05) is 24.3 Å². The van der Waals surface area contributed by atoms with Crippen molar-refractivity contribution in [1.82, 2.24) is 4.90 Å². The summed E-state index contributed by atoms with van der Waals surface area (Å²) in [6, 6.07) is 13.0. The second kappa shape index (κ2) is 9.08. The van der Waals surface area contributed by atoms with Crippen LogP contribution in [0.4, 0.5) is 5.69 Å². The van der Waals surface area contributed by atoms with E-state index in [0.29, 0.717) is 22.7 Å². The lowest BCUT2D eigenvalue weighted by Crippen LogP contribution is -2.44. The van der Waals surface area contributed by atoms with Crippen LogP contribution in [0.2, 0.25) is 0 Å². The minimum Gasteiger partial charge on any atom is -0.497 e. The number of anilines is 1. The van der Waals surface area contributed by atoms with E-state index in [2.05, 4.69) is 24.1 Å². The van der Waals surface area contributed by atoms with E-state index in [0.717, 1.165) is 19.6 Å². The summed E-state index contributed by atoms with van der Waals surface area (Å²) in [5.41, 5.74) is 2.35. The lowest BCUT2D eigenvalue weighted by atomic mass is 10.1. The van der Waals surface area contributed by atoms with Crippen LogP contribution in [0.3, 0.4) is 0 Å². The van der Waals surface area contributed by atoms with Gasteiger partial charge in [0, 0.05) is 31.3 Å². The summed E-state index contributed by atoms with van der Waals surface area (Å²) in [7, 11) is 3.15. The molecule has 28 heavy (non-hydrogen) atoms. The quantitative estimate of drug-likeness (QED) is 0.825. The number of rotatable bonds is 6. The number of hydrogen-bond acceptors (Lipinski definition) is 5. The number of carbonyl (C=O) groups is 1. The summed E-state index contributed by atoms with van der Waals surface area (Å²) in [5.74, 6) is 1.05. The van der Waals surface area contributed by atoms with Crippen molar-refractivity contribution in [3.8, 4) is 11.5 Å². The van der Waals surface area contributed by atoms with Gasteiger partial charge < -0.3 is 19.5 Å². The summed E-state index contributed by atoms with van der Waals surface area (Å²) >= 11 is 0. The molecule has 1 N–H and O–H groups in total. The van der Waals surface area contributed by atoms with Crippen molar-refractivity contribution in [3.63, 3.8) is 0 Å². The average Bonchev–Trinajstić information content (AvgIpc) is 2.67. The van der Waals surface area contributed by atoms with E-state index < -0.39 is 0 Å². The first-order chi connectivity index (χ1) is 13.5. The first-order valence-corrected chi connectivity index (χ1v) is 9.48. The SMILES string of the molecule is COc1ccc(OC)c(NC(=O)c2ccc(CN3CC(C)OC(C)C3)cc2)c1. The summed E-state index contributed by atoms with van der Waals surface area (Å²) in [6.07, 6.45) is 0.485. The second-order valence-electron chi connectivity index (χ2n) is 7.17. The molecule has 2 unspecified atom stereocenters. The largest absolute Gasteiger partial charge is 0.497 e. The normalized spacial score (nSPS) is 19.9. The van der Waals surface area contributed by atoms with Crippen LogP contribution in [0.25, 0.3) is 0 Å². The van der Waals surface area contributed by atoms with Gasteiger partial charge in [0.25, 0.3) is 5.91 Å². The van der Waals surface area contributed by atoms with Crippen LogP contribution < -0.4 is 14.8 Å². The van der Waals surface area contributed by atoms with Crippen LogP contribution in [0.15, 0.2) is 42.5 Å². The van der Waals surface area contributed by atoms with Gasteiger partial charge in [-0.05, 0) is 43.7 Å². The van der Waals surface area contributed by atoms with E-state index in [9.17, 15) is 4.79 Å². The Morgan fingerprint density at radius 3 is 2.36 bits per heavy atom. The van der Waals surface area contributed by atoms with Gasteiger partial charge in [0.15, 0.2) is 0 Å². The predicted molar refractivity (Wildman–Crippen MR) is 109 cm³/mol. The maximum absolute atomic E-state index is 12.6. The Labute approximate surface area is 166 Å². The number of morpholine rings is 1. The number of nitrogens with zero attached hydrogens (tertiary/aromatic N) is 1. The highest BCUT2D eigenvalue weighted by Crippen LogP contribution is 2.29. The van der Waals surface area contributed by atoms with Gasteiger partial charge in [-0.1, -0.05) is 12.1 Å². The van der Waals surface area contributed by atoms with Crippen LogP contribution in [-0.2, 0) is 11.3 Å². The predicted octanol–water partition coefficient (Wildman–Crippen LogP) is 3.57. The molecule has 1 aliphatic heterocycles. The highest BCUT2D eigenvalue weighted by atomic mass is 16.5. The van der Waals surface area contributed by atoms with Crippen molar-refractivity contribution < 1.29 is 19.0 Å². The van der Waals surface area contributed by atoms with E-state index in [-0.39, 0.29) is 18.1 Å². The molecule has 1 amide bonds. The van der Waals surface area contributed by atoms with Gasteiger partial charge in [0.05, 0.1) is 32.1 Å². The minimum atomic E-state index is -0.188. The van der Waals surface area contributed by atoms with Gasteiger partial charge in [-0.15, -0.1) is 0 Å². The van der Waals surface area contributed by atoms with Crippen molar-refractivity contribution >= 4 is 11.6 Å². The summed E-state index contributed by atoms with van der Waals surface area (Å²) in [6.45, 7) is 6.89. The number of ether oxygens (including phenoxy) is 3. The molecule has 0 radical (unpaired) electrons. The lowest BCUT2D eigenvalue weighted by Gasteiger charge is -2.35. The van der Waals surface area contributed by atoms with Gasteiger partial charge in [0.1, 0.15) is 11.5 Å². The molecule has 6 nitrogen and oxygen atoms in total. The van der Waals surface area contributed by atoms with Gasteiger partial charge >= 0.3 is 0 Å². The molecule has 1 heterocycles. The Morgan fingerprint density at radius 2 is 1.75 bits per heavy atom. The van der Waals surface area contributed by atoms with E-state index in [1.165, 1.54) is 5.56 Å². The first kappa shape index (κ1) is 20.2. The number of carbonyl (C=O) groups excluding carboxylic acids is 1. The van der Waals surface area contributed by atoms with Crippen LogP contribution in [0.5, 0.6) is 11.5 Å². The zero-order valence-corrected chi connectivity index (χ0v) is 16.9. The minimum absolute atomic E-state index is 0.188. The van der Waals surface area contributed by atoms with Crippen LogP contribution in [0, 0.1) is 0 Å². The van der Waals surface area contributed by atoms with E-state index in [4.69, 9.17) is 14.2 Å². The Morgan fingerprint density at radius 1 is 1.07 bits per heavy atom. The third kappa shape index (κ3) is 5.03. The monoisotopic (exact) mass is 384 g/mol. The molecule has 1 saturated heterocycles. The van der Waals surface area contributed by atoms with Gasteiger partial charge in [-0.2, -0.15) is 0 Å². The van der Waals surface area contributed by atoms with E-state index in [1.54, 1.807) is 32.4 Å². The van der Waals surface area contributed by atoms with Crippen molar-refractivity contribution in [3.05, 3.63) is 53.6 Å². The fourth-order valence-electron chi connectivity index (χ4n) is 3.54. The molecule has 2 aromatic rings. The maximum atomic E-state index is 12.6. The summed E-state index contributed by atoms with van der Waals surface area (Å²) in [5, 5.41) is 2.89. The smallest absolute Gasteiger partial charge is 0.255 e. The summed E-state index contributed by atoms with van der Waals surface area (Å²) in [4.78, 5) is 15.0. The van der Waals surface area contributed by atoms with Crippen LogP contribution >= 0.6 is 0 Å². The molecule has 0 saturated carbocycles. The molecule has 2 atom stereocenters. The number of nitrogens with one attached hydrogen (secondary N) is 1. The molecule has 6 heteroatoms. The number of amides is 1. The Balaban J connectivity index is 1.65. The van der Waals surface area contributed by atoms with E-state index >= 15 is 0 Å². The molecule has 0 bridgehead atoms. The molecular formula is C22H28N2O4. The third-order valence-electron chi connectivity index (χ3n) is 4.77. The lowest BCUT2D eigenvalue weighted by molar-refractivity contribution is -0.0704. The second-order valence-corrected chi connectivity index (χ2v) is 7.17. The molecule has 2 aromatic carbocycles. The zero-order chi connectivity index (χ0) is 20.1. The standard InChI is InChI=1S/C22H28N2O4/c1-15-12-24(13-16(2)28-15)14-17-5-7-18(8-6-17)22(25)23-20-11-19(26-3)9-10-21(20)27-4/h5-11,15-16H,12-14H2,1-4H3,(H,23,25). The van der Waals surface area contributed by atoms with Gasteiger partial charge in [0.2, 0.25) is 0 Å². The number of hydrogen-bond donors (Lipinski definition) is 1. The number of methoxy groups -OCH3 is 2. The zero-order valence-electron chi connectivity index (χ0n) is 16.9. The fourth-order valence-corrected chi connectivity index (χ4v) is 3.54. The first-order valence-electron chi connectivity index (χ1n) is 9.48. The number of benzene rings is 2. The molecule has 0 aliphatic carbocycles. The molecule has 1 aliphatic rings. The Kier molecular flexibility index (Phi) is 6.54. The van der Waals surface area contributed by atoms with Crippen LogP contribution in [-0.4, -0.2) is 50.3 Å². The van der Waals surface area contributed by atoms with Crippen LogP contribution in [0.1, 0.15) is 29.8 Å². The Hall–Kier alpha value is -2.57. The molecule has 0 spiro atoms. The molecular weight excluding hydrogens is 356 g/mol. The summed E-state index contributed by atoms with van der Waals surface area (Å²) < 4.78 is 16.3.